The topological polar surface area (TPSA) is 98.0 Å². The predicted molar refractivity (Wildman–Crippen MR) is 84.4 cm³/mol. The number of carboxylic acids is 1. The molecule has 0 atom stereocenters. The predicted octanol–water partition coefficient (Wildman–Crippen LogP) is 2.46. The van der Waals surface area contributed by atoms with Gasteiger partial charge in [0.1, 0.15) is 18.8 Å². The third kappa shape index (κ3) is 8.87. The maximum absolute atomic E-state index is 11.7. The molecule has 2 N–H and O–H groups in total. The molecule has 1 aromatic rings. The number of carbonyl (C=O) groups is 2. The Bertz CT molecular complexity index is 503. The van der Waals surface area contributed by atoms with Gasteiger partial charge in [-0.15, -0.1) is 0 Å². The Labute approximate surface area is 135 Å². The molecular formula is C16H25NO6. The summed E-state index contributed by atoms with van der Waals surface area (Å²) in [5.41, 5.74) is 0.451. The zero-order chi connectivity index (χ0) is 17.3. The molecule has 1 heterocycles. The van der Waals surface area contributed by atoms with Crippen LogP contribution < -0.4 is 5.32 Å². The van der Waals surface area contributed by atoms with Crippen molar-refractivity contribution in [2.24, 2.45) is 0 Å². The molecule has 0 saturated carbocycles. The fourth-order valence-electron chi connectivity index (χ4n) is 1.90. The van der Waals surface area contributed by atoms with E-state index in [1.807, 2.05) is 26.8 Å². The minimum Gasteiger partial charge on any atom is -0.480 e. The van der Waals surface area contributed by atoms with Crippen LogP contribution in [0.4, 0.5) is 5.88 Å². The normalized spacial score (nSPS) is 11.3. The number of esters is 1. The van der Waals surface area contributed by atoms with Crippen molar-refractivity contribution >= 4 is 17.8 Å². The van der Waals surface area contributed by atoms with Gasteiger partial charge in [0.05, 0.1) is 6.26 Å². The molecule has 1 rings (SSSR count). The van der Waals surface area contributed by atoms with Crippen molar-refractivity contribution in [2.75, 3.05) is 25.1 Å². The average Bonchev–Trinajstić information content (AvgIpc) is 2.85. The molecule has 0 aliphatic rings. The van der Waals surface area contributed by atoms with Gasteiger partial charge >= 0.3 is 11.9 Å². The number of carbonyl (C=O) groups excluding carboxylic acids is 1. The van der Waals surface area contributed by atoms with Gasteiger partial charge in [-0.05, 0) is 46.1 Å². The maximum Gasteiger partial charge on any atom is 0.329 e. The number of unbranched alkanes of at least 4 members (excludes halogenated alkanes) is 1. The van der Waals surface area contributed by atoms with Crippen molar-refractivity contribution in [3.8, 4) is 0 Å². The first kappa shape index (κ1) is 19.0. The molecule has 0 spiro atoms. The Kier molecular flexibility index (Phi) is 7.61. The number of aliphatic carboxylic acids is 1. The number of nitrogens with one attached hydrogen (secondary N) is 1. The number of carboxylic acid groups (broad SMARTS) is 1. The van der Waals surface area contributed by atoms with E-state index >= 15 is 0 Å². The molecule has 0 unspecified atom stereocenters. The average molecular weight is 327 g/mol. The number of hydrogen-bond donors (Lipinski definition) is 2. The van der Waals surface area contributed by atoms with Crippen LogP contribution in [0.1, 0.15) is 39.2 Å². The number of hydrogen-bond acceptors (Lipinski definition) is 6. The molecular weight excluding hydrogens is 302 g/mol. The monoisotopic (exact) mass is 327 g/mol. The summed E-state index contributed by atoms with van der Waals surface area (Å²) < 4.78 is 15.5. The van der Waals surface area contributed by atoms with Gasteiger partial charge in [0.25, 0.3) is 0 Å². The summed E-state index contributed by atoms with van der Waals surface area (Å²) in [6.07, 6.45) is 3.90. The summed E-state index contributed by atoms with van der Waals surface area (Å²) >= 11 is 0. The van der Waals surface area contributed by atoms with Crippen molar-refractivity contribution in [3.63, 3.8) is 0 Å². The minimum atomic E-state index is -0.964. The van der Waals surface area contributed by atoms with Gasteiger partial charge in [-0.25, -0.2) is 4.79 Å². The fraction of sp³-hybridized carbons (Fsp3) is 0.625. The molecule has 1 aromatic heterocycles. The second kappa shape index (κ2) is 9.19. The molecule has 0 aliphatic carbocycles. The van der Waals surface area contributed by atoms with Crippen LogP contribution in [0.3, 0.4) is 0 Å². The lowest BCUT2D eigenvalue weighted by Crippen LogP contribution is -2.28. The van der Waals surface area contributed by atoms with Crippen LogP contribution in [0, 0.1) is 0 Å². The van der Waals surface area contributed by atoms with E-state index in [1.54, 1.807) is 6.26 Å². The Hall–Kier alpha value is -2.02. The lowest BCUT2D eigenvalue weighted by atomic mass is 10.1. The van der Waals surface area contributed by atoms with Gasteiger partial charge in [0, 0.05) is 12.2 Å². The van der Waals surface area contributed by atoms with E-state index in [1.165, 1.54) is 0 Å². The highest BCUT2D eigenvalue weighted by molar-refractivity contribution is 5.75. The maximum atomic E-state index is 11.7. The van der Waals surface area contributed by atoms with E-state index in [2.05, 4.69) is 5.32 Å². The highest BCUT2D eigenvalue weighted by atomic mass is 16.6. The highest BCUT2D eigenvalue weighted by Crippen LogP contribution is 2.19. The summed E-state index contributed by atoms with van der Waals surface area (Å²) in [6.45, 7) is 5.62. The molecule has 0 aromatic carbocycles. The molecule has 130 valence electrons. The van der Waals surface area contributed by atoms with Crippen molar-refractivity contribution in [2.45, 2.75) is 45.6 Å². The SMILES string of the molecule is CC(C)(C)OC(=O)CNc1occc1CCCCOCC(=O)O. The highest BCUT2D eigenvalue weighted by Gasteiger charge is 2.16. The first-order valence-electron chi connectivity index (χ1n) is 7.59. The number of anilines is 1. The summed E-state index contributed by atoms with van der Waals surface area (Å²) in [4.78, 5) is 22.0. The molecule has 23 heavy (non-hydrogen) atoms. The molecule has 0 bridgehead atoms. The van der Waals surface area contributed by atoms with Crippen molar-refractivity contribution in [1.82, 2.24) is 0 Å². The summed E-state index contributed by atoms with van der Waals surface area (Å²) in [6, 6.07) is 1.84. The van der Waals surface area contributed by atoms with Gasteiger partial charge in [0.2, 0.25) is 0 Å². The van der Waals surface area contributed by atoms with Crippen molar-refractivity contribution in [3.05, 3.63) is 17.9 Å². The van der Waals surface area contributed by atoms with Gasteiger partial charge in [-0.2, -0.15) is 0 Å². The van der Waals surface area contributed by atoms with Crippen molar-refractivity contribution in [1.29, 1.82) is 0 Å². The number of rotatable bonds is 10. The zero-order valence-electron chi connectivity index (χ0n) is 13.9. The van der Waals surface area contributed by atoms with Crippen LogP contribution in [0.15, 0.2) is 16.7 Å². The molecule has 0 radical (unpaired) electrons. The Morgan fingerprint density at radius 1 is 1.30 bits per heavy atom. The summed E-state index contributed by atoms with van der Waals surface area (Å²) in [5, 5.41) is 11.4. The fourth-order valence-corrected chi connectivity index (χ4v) is 1.90. The minimum absolute atomic E-state index is 0.0412. The first-order chi connectivity index (χ1) is 10.8. The molecule has 0 aliphatic heterocycles. The van der Waals surface area contributed by atoms with E-state index in [0.29, 0.717) is 12.5 Å². The standard InChI is InChI=1S/C16H25NO6/c1-16(2,3)23-14(20)10-17-15-12(7-9-22-15)6-4-5-8-21-11-13(18)19/h7,9,17H,4-6,8,10-11H2,1-3H3,(H,18,19). The van der Waals surface area contributed by atoms with Crippen LogP contribution >= 0.6 is 0 Å². The number of furan rings is 1. The van der Waals surface area contributed by atoms with E-state index < -0.39 is 11.6 Å². The van der Waals surface area contributed by atoms with Crippen LogP contribution in [-0.2, 0) is 25.5 Å². The molecule has 0 saturated heterocycles. The van der Waals surface area contributed by atoms with Gasteiger partial charge in [0.15, 0.2) is 5.88 Å². The Balaban J connectivity index is 2.28. The smallest absolute Gasteiger partial charge is 0.329 e. The van der Waals surface area contributed by atoms with Gasteiger partial charge in [-0.1, -0.05) is 0 Å². The number of aryl methyl sites for hydroxylation is 1. The van der Waals surface area contributed by atoms with E-state index in [9.17, 15) is 9.59 Å². The van der Waals surface area contributed by atoms with Crippen LogP contribution in [0.2, 0.25) is 0 Å². The van der Waals surface area contributed by atoms with Crippen LogP contribution in [-0.4, -0.2) is 42.4 Å². The van der Waals surface area contributed by atoms with Crippen LogP contribution in [0.5, 0.6) is 0 Å². The van der Waals surface area contributed by atoms with E-state index in [0.717, 1.165) is 24.8 Å². The van der Waals surface area contributed by atoms with E-state index in [4.69, 9.17) is 19.0 Å². The lowest BCUT2D eigenvalue weighted by molar-refractivity contribution is -0.152. The summed E-state index contributed by atoms with van der Waals surface area (Å²) in [7, 11) is 0. The third-order valence-corrected chi connectivity index (χ3v) is 2.77. The Morgan fingerprint density at radius 2 is 2.04 bits per heavy atom. The second-order valence-corrected chi connectivity index (χ2v) is 6.12. The first-order valence-corrected chi connectivity index (χ1v) is 7.59. The zero-order valence-corrected chi connectivity index (χ0v) is 13.9. The second-order valence-electron chi connectivity index (χ2n) is 6.12. The largest absolute Gasteiger partial charge is 0.480 e. The molecule has 7 heteroatoms. The van der Waals surface area contributed by atoms with Gasteiger partial charge < -0.3 is 24.3 Å². The summed E-state index contributed by atoms with van der Waals surface area (Å²) in [5.74, 6) is -0.752. The quantitative estimate of drug-likeness (QED) is 0.503. The number of ether oxygens (including phenoxy) is 2. The third-order valence-electron chi connectivity index (χ3n) is 2.77. The van der Waals surface area contributed by atoms with Gasteiger partial charge in [-0.3, -0.25) is 4.79 Å². The Morgan fingerprint density at radius 3 is 2.70 bits per heavy atom. The van der Waals surface area contributed by atoms with E-state index in [-0.39, 0.29) is 19.1 Å². The molecule has 0 fully saturated rings. The van der Waals surface area contributed by atoms with Crippen LogP contribution in [0.25, 0.3) is 0 Å². The van der Waals surface area contributed by atoms with Crippen molar-refractivity contribution < 1.29 is 28.6 Å². The lowest BCUT2D eigenvalue weighted by Gasteiger charge is -2.19. The molecule has 7 nitrogen and oxygen atoms in total. The molecule has 0 amide bonds.